The first-order valence-electron chi connectivity index (χ1n) is 7.12. The minimum Gasteiger partial charge on any atom is -0.312 e. The first kappa shape index (κ1) is 13.7. The zero-order chi connectivity index (χ0) is 13.9. The second-order valence-electron chi connectivity index (χ2n) is 5.37. The molecule has 0 saturated carbocycles. The number of nitrogens with zero attached hydrogens (tertiary/aromatic N) is 1. The summed E-state index contributed by atoms with van der Waals surface area (Å²) in [5.74, 6) is 0.620. The molecular weight excluding hydrogens is 264 g/mol. The number of thioether (sulfide) groups is 1. The van der Waals surface area contributed by atoms with Crippen LogP contribution in [0.2, 0.25) is 0 Å². The van der Waals surface area contributed by atoms with Gasteiger partial charge in [0.15, 0.2) is 0 Å². The summed E-state index contributed by atoms with van der Waals surface area (Å²) in [4.78, 5) is 5.40. The van der Waals surface area contributed by atoms with Gasteiger partial charge >= 0.3 is 0 Å². The number of benzene rings is 1. The Morgan fingerprint density at radius 2 is 1.80 bits per heavy atom. The van der Waals surface area contributed by atoms with E-state index in [1.54, 1.807) is 0 Å². The highest BCUT2D eigenvalue weighted by molar-refractivity contribution is 8.00. The molecule has 0 spiro atoms. The lowest BCUT2D eigenvalue weighted by atomic mass is 9.81. The van der Waals surface area contributed by atoms with Gasteiger partial charge in [-0.25, -0.2) is 0 Å². The molecule has 0 amide bonds. The molecule has 0 radical (unpaired) electrons. The number of rotatable bonds is 3. The molecule has 0 aliphatic heterocycles. The molecule has 1 N–H and O–H groups in total. The summed E-state index contributed by atoms with van der Waals surface area (Å²) in [6.45, 7) is 2.34. The summed E-state index contributed by atoms with van der Waals surface area (Å²) in [5.41, 5.74) is 2.96. The maximum absolute atomic E-state index is 4.10. The van der Waals surface area contributed by atoms with Gasteiger partial charge in [0, 0.05) is 28.6 Å². The second-order valence-corrected chi connectivity index (χ2v) is 6.68. The first-order valence-corrected chi connectivity index (χ1v) is 8.00. The Morgan fingerprint density at radius 1 is 1.10 bits per heavy atom. The molecule has 3 heteroatoms. The maximum atomic E-state index is 4.10. The van der Waals surface area contributed by atoms with Gasteiger partial charge < -0.3 is 5.32 Å². The van der Waals surface area contributed by atoms with E-state index < -0.39 is 0 Å². The van der Waals surface area contributed by atoms with Gasteiger partial charge in [-0.2, -0.15) is 0 Å². The molecule has 1 aliphatic rings. The van der Waals surface area contributed by atoms with Gasteiger partial charge in [0.2, 0.25) is 0 Å². The highest BCUT2D eigenvalue weighted by Crippen LogP contribution is 2.44. The number of fused-ring (bicyclic) bond motifs is 1. The van der Waals surface area contributed by atoms with E-state index in [0.717, 1.165) is 0 Å². The van der Waals surface area contributed by atoms with Crippen molar-refractivity contribution in [2.75, 3.05) is 7.05 Å². The van der Waals surface area contributed by atoms with E-state index in [1.807, 2.05) is 24.2 Å². The van der Waals surface area contributed by atoms with Crippen LogP contribution in [-0.4, -0.2) is 17.3 Å². The summed E-state index contributed by atoms with van der Waals surface area (Å²) in [6, 6.07) is 13.5. The Morgan fingerprint density at radius 3 is 2.50 bits per heavy atom. The van der Waals surface area contributed by atoms with E-state index in [4.69, 9.17) is 0 Å². The van der Waals surface area contributed by atoms with E-state index in [2.05, 4.69) is 60.7 Å². The molecule has 3 atom stereocenters. The molecule has 1 aliphatic carbocycles. The molecule has 1 heterocycles. The van der Waals surface area contributed by atoms with Crippen molar-refractivity contribution in [3.8, 4) is 0 Å². The van der Waals surface area contributed by atoms with E-state index in [1.165, 1.54) is 22.4 Å². The summed E-state index contributed by atoms with van der Waals surface area (Å²) in [6.07, 6.45) is 4.95. The van der Waals surface area contributed by atoms with Crippen molar-refractivity contribution in [2.45, 2.75) is 35.4 Å². The molecule has 20 heavy (non-hydrogen) atoms. The van der Waals surface area contributed by atoms with Gasteiger partial charge in [0.25, 0.3) is 0 Å². The second kappa shape index (κ2) is 5.98. The highest BCUT2D eigenvalue weighted by atomic mass is 32.2. The Balaban J connectivity index is 1.90. The topological polar surface area (TPSA) is 24.9 Å². The maximum Gasteiger partial charge on any atom is 0.0444 e. The fourth-order valence-corrected chi connectivity index (χ4v) is 4.54. The van der Waals surface area contributed by atoms with Crippen molar-refractivity contribution in [2.24, 2.45) is 0 Å². The summed E-state index contributed by atoms with van der Waals surface area (Å²) >= 11 is 1.96. The van der Waals surface area contributed by atoms with E-state index in [9.17, 15) is 0 Å². The molecule has 2 aromatic rings. The van der Waals surface area contributed by atoms with Crippen molar-refractivity contribution in [1.82, 2.24) is 10.3 Å². The van der Waals surface area contributed by atoms with Gasteiger partial charge in [-0.05, 0) is 42.6 Å². The Hall–Kier alpha value is -1.32. The number of hydrogen-bond acceptors (Lipinski definition) is 3. The quantitative estimate of drug-likeness (QED) is 0.922. The monoisotopic (exact) mass is 284 g/mol. The fourth-order valence-electron chi connectivity index (χ4n) is 3.10. The largest absolute Gasteiger partial charge is 0.312 e. The molecule has 104 valence electrons. The van der Waals surface area contributed by atoms with Crippen molar-refractivity contribution in [3.05, 3.63) is 59.9 Å². The molecular formula is C17H20N2S. The molecule has 0 saturated heterocycles. The highest BCUT2D eigenvalue weighted by Gasteiger charge is 2.32. The van der Waals surface area contributed by atoms with Crippen LogP contribution in [0.25, 0.3) is 0 Å². The standard InChI is InChI=1S/C17H20N2S/c1-12-11-16(20-13-7-9-19-10-8-13)17(18-2)15-6-4-3-5-14(12)15/h3-10,12,16-18H,11H2,1-2H3. The first-order chi connectivity index (χ1) is 9.79. The lowest BCUT2D eigenvalue weighted by molar-refractivity contribution is 0.473. The van der Waals surface area contributed by atoms with E-state index in [0.29, 0.717) is 17.2 Å². The third-order valence-corrected chi connectivity index (χ3v) is 5.38. The average Bonchev–Trinajstić information content (AvgIpc) is 2.49. The van der Waals surface area contributed by atoms with E-state index in [-0.39, 0.29) is 0 Å². The Bertz CT molecular complexity index is 570. The fraction of sp³-hybridized carbons (Fsp3) is 0.353. The van der Waals surface area contributed by atoms with Crippen LogP contribution in [0.3, 0.4) is 0 Å². The Labute approximate surface area is 125 Å². The summed E-state index contributed by atoms with van der Waals surface area (Å²) in [5, 5.41) is 4.08. The van der Waals surface area contributed by atoms with E-state index >= 15 is 0 Å². The van der Waals surface area contributed by atoms with Gasteiger partial charge in [-0.15, -0.1) is 11.8 Å². The molecule has 1 aromatic carbocycles. The van der Waals surface area contributed by atoms with Gasteiger partial charge in [-0.3, -0.25) is 4.98 Å². The summed E-state index contributed by atoms with van der Waals surface area (Å²) in [7, 11) is 2.07. The van der Waals surface area contributed by atoms with Crippen molar-refractivity contribution < 1.29 is 0 Å². The number of nitrogens with one attached hydrogen (secondary N) is 1. The molecule has 3 rings (SSSR count). The molecule has 1 aromatic heterocycles. The van der Waals surface area contributed by atoms with Crippen LogP contribution in [0.1, 0.15) is 36.4 Å². The molecule has 0 fully saturated rings. The van der Waals surface area contributed by atoms with Gasteiger partial charge in [0.05, 0.1) is 0 Å². The zero-order valence-electron chi connectivity index (χ0n) is 11.9. The van der Waals surface area contributed by atoms with Crippen LogP contribution in [0.5, 0.6) is 0 Å². The minimum absolute atomic E-state index is 0.417. The molecule has 2 nitrogen and oxygen atoms in total. The SMILES string of the molecule is CNC1c2ccccc2C(C)CC1Sc1ccncc1. The third-order valence-electron chi connectivity index (χ3n) is 4.07. The van der Waals surface area contributed by atoms with Crippen LogP contribution >= 0.6 is 11.8 Å². The van der Waals surface area contributed by atoms with Crippen molar-refractivity contribution >= 4 is 11.8 Å². The predicted molar refractivity (Wildman–Crippen MR) is 85.2 cm³/mol. The lowest BCUT2D eigenvalue weighted by Gasteiger charge is -2.36. The predicted octanol–water partition coefficient (Wildman–Crippen LogP) is 4.01. The van der Waals surface area contributed by atoms with Crippen LogP contribution < -0.4 is 5.32 Å². The van der Waals surface area contributed by atoms with Crippen LogP contribution in [0.4, 0.5) is 0 Å². The Kier molecular flexibility index (Phi) is 4.08. The molecule has 3 unspecified atom stereocenters. The number of pyridine rings is 1. The third kappa shape index (κ3) is 2.60. The van der Waals surface area contributed by atoms with Gasteiger partial charge in [0.1, 0.15) is 0 Å². The van der Waals surface area contributed by atoms with Crippen molar-refractivity contribution in [3.63, 3.8) is 0 Å². The minimum atomic E-state index is 0.417. The lowest BCUT2D eigenvalue weighted by Crippen LogP contribution is -2.33. The van der Waals surface area contributed by atoms with Crippen LogP contribution in [-0.2, 0) is 0 Å². The van der Waals surface area contributed by atoms with Crippen LogP contribution in [0.15, 0.2) is 53.7 Å². The summed E-state index contributed by atoms with van der Waals surface area (Å²) < 4.78 is 0. The van der Waals surface area contributed by atoms with Crippen molar-refractivity contribution in [1.29, 1.82) is 0 Å². The number of aromatic nitrogens is 1. The average molecular weight is 284 g/mol. The smallest absolute Gasteiger partial charge is 0.0444 e. The zero-order valence-corrected chi connectivity index (χ0v) is 12.7. The number of hydrogen-bond donors (Lipinski definition) is 1. The van der Waals surface area contributed by atoms with Crippen LogP contribution in [0, 0.1) is 0 Å². The van der Waals surface area contributed by atoms with Gasteiger partial charge in [-0.1, -0.05) is 31.2 Å². The normalized spacial score (nSPS) is 25.2. The molecule has 0 bridgehead atoms.